The summed E-state index contributed by atoms with van der Waals surface area (Å²) < 4.78 is 0. The van der Waals surface area contributed by atoms with Crippen LogP contribution < -0.4 is 22.7 Å². The molecular formula is C14H48N4O3. The number of unbranched alkanes of at least 4 members (excludes halogenated alkanes) is 3. The minimum Gasteiger partial charge on any atom is -0.412 e. The summed E-state index contributed by atoms with van der Waals surface area (Å²) in [4.78, 5) is 0. The Morgan fingerprint density at radius 3 is 1.19 bits per heavy atom. The molecular weight excluding hydrogens is 272 g/mol. The Morgan fingerprint density at radius 1 is 0.810 bits per heavy atom. The molecule has 7 heteroatoms. The lowest BCUT2D eigenvalue weighted by Gasteiger charge is -1.90. The molecule has 0 saturated carbocycles. The van der Waals surface area contributed by atoms with E-state index in [1.54, 1.807) is 0 Å². The second-order valence-corrected chi connectivity index (χ2v) is 3.06. The lowest BCUT2D eigenvalue weighted by molar-refractivity contribution is 0.311. The van der Waals surface area contributed by atoms with Crippen molar-refractivity contribution in [3.63, 3.8) is 0 Å². The van der Waals surface area contributed by atoms with Gasteiger partial charge < -0.3 is 32.9 Å². The first-order chi connectivity index (χ1) is 9.24. The molecule has 7 nitrogen and oxygen atoms in total. The molecule has 0 radical (unpaired) electrons. The number of hydrogen-bond donors (Lipinski definition) is 5. The Morgan fingerprint density at radius 2 is 1.05 bits per heavy atom. The topological polar surface area (TPSA) is 173 Å². The predicted molar refractivity (Wildman–Crippen MR) is 98.8 cm³/mol. The van der Waals surface area contributed by atoms with E-state index >= 15 is 0 Å². The Bertz CT molecular complexity index is 59.5. The van der Waals surface area contributed by atoms with Crippen molar-refractivity contribution >= 4 is 0 Å². The van der Waals surface area contributed by atoms with Crippen LogP contribution in [-0.2, 0) is 0 Å². The molecule has 0 fully saturated rings. The molecule has 0 atom stereocenters. The van der Waals surface area contributed by atoms with Crippen LogP contribution in [0, 0.1) is 0 Å². The van der Waals surface area contributed by atoms with Crippen molar-refractivity contribution in [2.75, 3.05) is 27.7 Å². The monoisotopic (exact) mass is 320 g/mol. The SMILES string of the molecule is CC.CCC.CCCCCCN.CN.CNC.NO.O.O. The summed E-state index contributed by atoms with van der Waals surface area (Å²) in [6.45, 7) is 11.3. The van der Waals surface area contributed by atoms with Crippen LogP contribution in [0.5, 0.6) is 0 Å². The third-order valence-corrected chi connectivity index (χ3v) is 1.06. The van der Waals surface area contributed by atoms with E-state index in [2.05, 4.69) is 37.7 Å². The molecule has 0 rings (SSSR count). The van der Waals surface area contributed by atoms with Crippen molar-refractivity contribution in [1.82, 2.24) is 5.32 Å². The second-order valence-electron chi connectivity index (χ2n) is 3.06. The van der Waals surface area contributed by atoms with Crippen molar-refractivity contribution in [3.05, 3.63) is 0 Å². The Labute approximate surface area is 134 Å². The molecule has 0 bridgehead atoms. The zero-order valence-electron chi connectivity index (χ0n) is 15.9. The summed E-state index contributed by atoms with van der Waals surface area (Å²) in [7, 11) is 5.25. The van der Waals surface area contributed by atoms with Gasteiger partial charge in [0, 0.05) is 0 Å². The first-order valence-corrected chi connectivity index (χ1v) is 7.37. The fourth-order valence-corrected chi connectivity index (χ4v) is 0.571. The van der Waals surface area contributed by atoms with Gasteiger partial charge in [-0.2, -0.15) is 0 Å². The van der Waals surface area contributed by atoms with Gasteiger partial charge in [-0.05, 0) is 34.1 Å². The third kappa shape index (κ3) is 447. The molecule has 0 aliphatic heterocycles. The molecule has 0 heterocycles. The Balaban J connectivity index is -0.0000000175. The molecule has 0 aromatic heterocycles. The van der Waals surface area contributed by atoms with Gasteiger partial charge in [-0.3, -0.25) is 0 Å². The zero-order chi connectivity index (χ0) is 16.9. The molecule has 0 aliphatic carbocycles. The molecule has 0 aromatic rings. The van der Waals surface area contributed by atoms with Crippen LogP contribution in [0.15, 0.2) is 0 Å². The maximum atomic E-state index is 6.50. The maximum absolute atomic E-state index is 6.50. The summed E-state index contributed by atoms with van der Waals surface area (Å²) >= 11 is 0. The van der Waals surface area contributed by atoms with Crippen molar-refractivity contribution in [2.45, 2.75) is 66.7 Å². The van der Waals surface area contributed by atoms with Crippen molar-refractivity contribution in [1.29, 1.82) is 0 Å². The molecule has 0 unspecified atom stereocenters. The van der Waals surface area contributed by atoms with Crippen molar-refractivity contribution in [2.24, 2.45) is 17.4 Å². The van der Waals surface area contributed by atoms with Gasteiger partial charge in [0.25, 0.3) is 0 Å². The lowest BCUT2D eigenvalue weighted by Crippen LogP contribution is -1.97. The molecule has 0 amide bonds. The van der Waals surface area contributed by atoms with Crippen LogP contribution in [0.1, 0.15) is 66.7 Å². The fourth-order valence-electron chi connectivity index (χ4n) is 0.571. The fraction of sp³-hybridized carbons (Fsp3) is 1.00. The number of rotatable bonds is 4. The molecule has 0 saturated heterocycles. The van der Waals surface area contributed by atoms with Crippen LogP contribution in [0.3, 0.4) is 0 Å². The van der Waals surface area contributed by atoms with Gasteiger partial charge in [0.15, 0.2) is 0 Å². The summed E-state index contributed by atoms with van der Waals surface area (Å²) in [6, 6.07) is 0. The summed E-state index contributed by atoms with van der Waals surface area (Å²) in [5.41, 5.74) is 9.77. The van der Waals surface area contributed by atoms with Crippen LogP contribution in [0.25, 0.3) is 0 Å². The minimum absolute atomic E-state index is 0. The minimum atomic E-state index is 0. The standard InChI is InChI=1S/C6H15N.C3H8.C2H7N.C2H6.CH5N.H3NO.2H2O/c1-2-3-4-5-6-7;2*1-3-2;3*1-2;;/h2-7H2,1H3;3H2,1-2H3;3H,1-2H3;1-2H3;2H2,1H3;2H,1H2;2*1H2. The highest BCUT2D eigenvalue weighted by atomic mass is 16.4. The van der Waals surface area contributed by atoms with E-state index in [0.29, 0.717) is 0 Å². The van der Waals surface area contributed by atoms with Crippen LogP contribution in [0.2, 0.25) is 0 Å². The lowest BCUT2D eigenvalue weighted by atomic mass is 10.2. The Kier molecular flexibility index (Phi) is 363. The molecule has 0 aliphatic rings. The Hall–Kier alpha value is -0.280. The van der Waals surface area contributed by atoms with E-state index in [1.165, 1.54) is 39.2 Å². The molecule has 12 N–H and O–H groups in total. The van der Waals surface area contributed by atoms with Crippen LogP contribution in [-0.4, -0.2) is 43.8 Å². The van der Waals surface area contributed by atoms with Gasteiger partial charge in [0.05, 0.1) is 0 Å². The van der Waals surface area contributed by atoms with E-state index in [1.807, 2.05) is 27.9 Å². The third-order valence-electron chi connectivity index (χ3n) is 1.06. The highest BCUT2D eigenvalue weighted by molar-refractivity contribution is 4.38. The first kappa shape index (κ1) is 49.8. The second kappa shape index (κ2) is 153. The quantitative estimate of drug-likeness (QED) is 0.384. The maximum Gasteiger partial charge on any atom is -0.00773 e. The first-order valence-electron chi connectivity index (χ1n) is 7.37. The summed E-state index contributed by atoms with van der Waals surface area (Å²) in [6.07, 6.45) is 6.41. The average molecular weight is 321 g/mol. The smallest absolute Gasteiger partial charge is 0.00773 e. The van der Waals surface area contributed by atoms with Crippen LogP contribution >= 0.6 is 0 Å². The van der Waals surface area contributed by atoms with E-state index in [-0.39, 0.29) is 11.0 Å². The van der Waals surface area contributed by atoms with Gasteiger partial charge in [0.2, 0.25) is 0 Å². The summed E-state index contributed by atoms with van der Waals surface area (Å²) in [5.74, 6) is 3.50. The molecule has 142 valence electrons. The van der Waals surface area contributed by atoms with Crippen molar-refractivity contribution in [3.8, 4) is 0 Å². The molecule has 0 aromatic carbocycles. The number of nitrogens with one attached hydrogen (secondary N) is 1. The van der Waals surface area contributed by atoms with Crippen molar-refractivity contribution < 1.29 is 16.2 Å². The number of nitrogens with two attached hydrogens (primary N) is 3. The molecule has 21 heavy (non-hydrogen) atoms. The highest BCUT2D eigenvalue weighted by Gasteiger charge is 1.80. The van der Waals surface area contributed by atoms with Gasteiger partial charge >= 0.3 is 0 Å². The normalized spacial score (nSPS) is 5.71. The van der Waals surface area contributed by atoms with Gasteiger partial charge in [-0.1, -0.05) is 60.3 Å². The van der Waals surface area contributed by atoms with Gasteiger partial charge in [0.1, 0.15) is 0 Å². The van der Waals surface area contributed by atoms with E-state index in [0.717, 1.165) is 6.54 Å². The van der Waals surface area contributed by atoms with E-state index in [4.69, 9.17) is 10.9 Å². The van der Waals surface area contributed by atoms with E-state index in [9.17, 15) is 0 Å². The van der Waals surface area contributed by atoms with Crippen LogP contribution in [0.4, 0.5) is 0 Å². The number of hydrogen-bond acceptors (Lipinski definition) is 5. The summed E-state index contributed by atoms with van der Waals surface area (Å²) in [5, 5.41) is 9.25. The predicted octanol–water partition coefficient (Wildman–Crippen LogP) is 1.06. The van der Waals surface area contributed by atoms with E-state index < -0.39 is 0 Å². The molecule has 0 spiro atoms. The average Bonchev–Trinajstić information content (AvgIpc) is 2.48. The zero-order valence-corrected chi connectivity index (χ0v) is 15.9. The largest absolute Gasteiger partial charge is 0.412 e. The van der Waals surface area contributed by atoms with Gasteiger partial charge in [-0.15, -0.1) is 0 Å². The van der Waals surface area contributed by atoms with Gasteiger partial charge in [-0.25, -0.2) is 5.90 Å². The highest BCUT2D eigenvalue weighted by Crippen LogP contribution is 1.95.